The zero-order valence-electron chi connectivity index (χ0n) is 6.34. The molecule has 0 aliphatic carbocycles. The van der Waals surface area contributed by atoms with Crippen molar-refractivity contribution in [3.63, 3.8) is 0 Å². The van der Waals surface area contributed by atoms with Crippen molar-refractivity contribution in [3.05, 3.63) is 11.8 Å². The molecule has 0 saturated heterocycles. The fourth-order valence-electron chi connectivity index (χ4n) is 1.05. The molecule has 1 nitrogen and oxygen atoms in total. The number of nitrogens with zero attached hydrogens (tertiary/aromatic N) is 1. The Labute approximate surface area is 60.7 Å². The molecule has 0 aromatic heterocycles. The molecular formula is C8H12FN. The van der Waals surface area contributed by atoms with E-state index < -0.39 is 6.17 Å². The van der Waals surface area contributed by atoms with Gasteiger partial charge in [0.2, 0.25) is 0 Å². The molecule has 0 radical (unpaired) electrons. The van der Waals surface area contributed by atoms with Crippen LogP contribution in [0.2, 0.25) is 0 Å². The van der Waals surface area contributed by atoms with Crippen molar-refractivity contribution >= 4 is 6.21 Å². The molecule has 0 aromatic carbocycles. The molecule has 0 fully saturated rings. The summed E-state index contributed by atoms with van der Waals surface area (Å²) in [6.07, 6.45) is 3.25. The van der Waals surface area contributed by atoms with Crippen LogP contribution in [0.5, 0.6) is 0 Å². The van der Waals surface area contributed by atoms with E-state index in [4.69, 9.17) is 0 Å². The molecule has 1 rings (SSSR count). The molecule has 0 N–H and O–H groups in total. The molecule has 0 amide bonds. The second-order valence-corrected chi connectivity index (χ2v) is 2.62. The molecule has 56 valence electrons. The first-order chi connectivity index (χ1) is 4.75. The Balaban J connectivity index is 2.71. The molecule has 0 aromatic rings. The van der Waals surface area contributed by atoms with Crippen molar-refractivity contribution in [2.45, 2.75) is 26.4 Å². The first-order valence-electron chi connectivity index (χ1n) is 3.62. The summed E-state index contributed by atoms with van der Waals surface area (Å²) in [7, 11) is 0. The number of hydrogen-bond acceptors (Lipinski definition) is 1. The standard InChI is InChI=1S/C8H12FN/c1-3-7-5-10-4-6(2)8(7)9/h4-6,8H,3H2,1-2H3. The van der Waals surface area contributed by atoms with Crippen LogP contribution in [0.25, 0.3) is 0 Å². The van der Waals surface area contributed by atoms with Gasteiger partial charge in [-0.3, -0.25) is 4.99 Å². The second kappa shape index (κ2) is 2.95. The van der Waals surface area contributed by atoms with Crippen molar-refractivity contribution < 1.29 is 4.39 Å². The third-order valence-electron chi connectivity index (χ3n) is 1.79. The van der Waals surface area contributed by atoms with Gasteiger partial charge in [-0.2, -0.15) is 0 Å². The maximum atomic E-state index is 13.1. The van der Waals surface area contributed by atoms with Crippen LogP contribution in [0.4, 0.5) is 4.39 Å². The number of allylic oxidation sites excluding steroid dienone is 1. The minimum absolute atomic E-state index is 0.0417. The fourth-order valence-corrected chi connectivity index (χ4v) is 1.05. The number of alkyl halides is 1. The summed E-state index contributed by atoms with van der Waals surface area (Å²) in [4.78, 5) is 3.93. The smallest absolute Gasteiger partial charge is 0.130 e. The van der Waals surface area contributed by atoms with Crippen LogP contribution < -0.4 is 0 Å². The van der Waals surface area contributed by atoms with Gasteiger partial charge >= 0.3 is 0 Å². The normalized spacial score (nSPS) is 32.1. The van der Waals surface area contributed by atoms with Crippen molar-refractivity contribution in [1.29, 1.82) is 0 Å². The minimum atomic E-state index is -0.803. The highest BCUT2D eigenvalue weighted by atomic mass is 19.1. The summed E-state index contributed by atoms with van der Waals surface area (Å²) in [5, 5.41) is 0. The first-order valence-corrected chi connectivity index (χ1v) is 3.62. The predicted molar refractivity (Wildman–Crippen MR) is 40.9 cm³/mol. The predicted octanol–water partition coefficient (Wildman–Crippen LogP) is 2.34. The van der Waals surface area contributed by atoms with Gasteiger partial charge in [0, 0.05) is 18.3 Å². The SMILES string of the molecule is CCC1=CN=CC(C)C1F. The molecule has 0 saturated carbocycles. The molecule has 2 unspecified atom stereocenters. The average molecular weight is 141 g/mol. The van der Waals surface area contributed by atoms with E-state index in [0.717, 1.165) is 12.0 Å². The van der Waals surface area contributed by atoms with Crippen LogP contribution in [0.15, 0.2) is 16.8 Å². The maximum absolute atomic E-state index is 13.1. The Morgan fingerprint density at radius 2 is 2.40 bits per heavy atom. The van der Waals surface area contributed by atoms with E-state index in [9.17, 15) is 4.39 Å². The zero-order valence-corrected chi connectivity index (χ0v) is 6.34. The maximum Gasteiger partial charge on any atom is 0.130 e. The van der Waals surface area contributed by atoms with Gasteiger partial charge < -0.3 is 0 Å². The third-order valence-corrected chi connectivity index (χ3v) is 1.79. The molecule has 1 aliphatic rings. The summed E-state index contributed by atoms with van der Waals surface area (Å²) in [5.74, 6) is -0.0417. The number of hydrogen-bond donors (Lipinski definition) is 0. The van der Waals surface area contributed by atoms with E-state index in [1.807, 2.05) is 13.8 Å². The Morgan fingerprint density at radius 3 is 2.90 bits per heavy atom. The van der Waals surface area contributed by atoms with Crippen molar-refractivity contribution in [2.75, 3.05) is 0 Å². The largest absolute Gasteiger partial charge is 0.269 e. The quantitative estimate of drug-likeness (QED) is 0.531. The van der Waals surface area contributed by atoms with Crippen LogP contribution in [0.3, 0.4) is 0 Å². The highest BCUT2D eigenvalue weighted by Crippen LogP contribution is 2.21. The number of halogens is 1. The lowest BCUT2D eigenvalue weighted by molar-refractivity contribution is 0.326. The van der Waals surface area contributed by atoms with Crippen molar-refractivity contribution in [2.24, 2.45) is 10.9 Å². The lowest BCUT2D eigenvalue weighted by Crippen LogP contribution is -2.18. The van der Waals surface area contributed by atoms with E-state index in [0.29, 0.717) is 0 Å². The monoisotopic (exact) mass is 141 g/mol. The molecule has 1 aliphatic heterocycles. The van der Waals surface area contributed by atoms with E-state index in [1.165, 1.54) is 0 Å². The Morgan fingerprint density at radius 1 is 1.70 bits per heavy atom. The van der Waals surface area contributed by atoms with E-state index in [1.54, 1.807) is 12.4 Å². The second-order valence-electron chi connectivity index (χ2n) is 2.62. The van der Waals surface area contributed by atoms with E-state index >= 15 is 0 Å². The minimum Gasteiger partial charge on any atom is -0.269 e. The van der Waals surface area contributed by atoms with E-state index in [2.05, 4.69) is 4.99 Å². The molecule has 1 heterocycles. The summed E-state index contributed by atoms with van der Waals surface area (Å²) in [6.45, 7) is 3.79. The van der Waals surface area contributed by atoms with Crippen LogP contribution >= 0.6 is 0 Å². The molecule has 0 spiro atoms. The Bertz CT molecular complexity index is 172. The van der Waals surface area contributed by atoms with Gasteiger partial charge in [-0.25, -0.2) is 4.39 Å². The molecule has 10 heavy (non-hydrogen) atoms. The Hall–Kier alpha value is -0.660. The van der Waals surface area contributed by atoms with Crippen LogP contribution in [-0.4, -0.2) is 12.4 Å². The van der Waals surface area contributed by atoms with Crippen LogP contribution in [0, 0.1) is 5.92 Å². The summed E-state index contributed by atoms with van der Waals surface area (Å²) in [5.41, 5.74) is 0.815. The highest BCUT2D eigenvalue weighted by Gasteiger charge is 2.20. The van der Waals surface area contributed by atoms with Crippen molar-refractivity contribution in [3.8, 4) is 0 Å². The molecule has 0 bridgehead atoms. The average Bonchev–Trinajstić information content (AvgIpc) is 1.95. The van der Waals surface area contributed by atoms with Gasteiger partial charge in [-0.1, -0.05) is 13.8 Å². The number of aliphatic imine (C=N–C) groups is 1. The third kappa shape index (κ3) is 1.25. The molecule has 2 atom stereocenters. The molecule has 2 heteroatoms. The Kier molecular flexibility index (Phi) is 2.20. The highest BCUT2D eigenvalue weighted by molar-refractivity contribution is 5.64. The van der Waals surface area contributed by atoms with Gasteiger partial charge in [0.15, 0.2) is 0 Å². The van der Waals surface area contributed by atoms with E-state index in [-0.39, 0.29) is 5.92 Å². The van der Waals surface area contributed by atoms with Crippen LogP contribution in [-0.2, 0) is 0 Å². The van der Waals surface area contributed by atoms with Gasteiger partial charge in [0.05, 0.1) is 0 Å². The topological polar surface area (TPSA) is 12.4 Å². The number of rotatable bonds is 1. The summed E-state index contributed by atoms with van der Waals surface area (Å²) < 4.78 is 13.1. The summed E-state index contributed by atoms with van der Waals surface area (Å²) in [6, 6.07) is 0. The van der Waals surface area contributed by atoms with Crippen LogP contribution in [0.1, 0.15) is 20.3 Å². The summed E-state index contributed by atoms with van der Waals surface area (Å²) >= 11 is 0. The van der Waals surface area contributed by atoms with Crippen molar-refractivity contribution in [1.82, 2.24) is 0 Å². The van der Waals surface area contributed by atoms with Gasteiger partial charge in [-0.15, -0.1) is 0 Å². The van der Waals surface area contributed by atoms with Gasteiger partial charge in [0.25, 0.3) is 0 Å². The molecular weight excluding hydrogens is 129 g/mol. The zero-order chi connectivity index (χ0) is 7.56. The van der Waals surface area contributed by atoms with Gasteiger partial charge in [-0.05, 0) is 12.0 Å². The lowest BCUT2D eigenvalue weighted by Gasteiger charge is -2.17. The lowest BCUT2D eigenvalue weighted by atomic mass is 9.97. The van der Waals surface area contributed by atoms with Gasteiger partial charge in [0.1, 0.15) is 6.17 Å². The fraction of sp³-hybridized carbons (Fsp3) is 0.625. The first kappa shape index (κ1) is 7.45.